The second kappa shape index (κ2) is 4.33. The van der Waals surface area contributed by atoms with Crippen molar-refractivity contribution < 1.29 is 0 Å². The molecule has 2 aromatic rings. The van der Waals surface area contributed by atoms with Gasteiger partial charge in [-0.25, -0.2) is 0 Å². The molecular weight excluding hydrogens is 222 g/mol. The Morgan fingerprint density at radius 3 is 2.88 bits per heavy atom. The number of benzene rings is 1. The zero-order valence-electron chi connectivity index (χ0n) is 8.57. The molecule has 0 amide bonds. The van der Waals surface area contributed by atoms with E-state index in [0.29, 0.717) is 10.7 Å². The van der Waals surface area contributed by atoms with Crippen LogP contribution in [0.2, 0.25) is 5.02 Å². The Labute approximate surface area is 98.4 Å². The van der Waals surface area contributed by atoms with Crippen LogP contribution in [0.3, 0.4) is 0 Å². The quantitative estimate of drug-likeness (QED) is 0.698. The number of hydrogen-bond donors (Lipinski definition) is 3. The molecule has 2 rings (SSSR count). The Balaban J connectivity index is 2.66. The van der Waals surface area contributed by atoms with Gasteiger partial charge in [0.1, 0.15) is 0 Å². The third-order valence-electron chi connectivity index (χ3n) is 2.35. The second-order valence-corrected chi connectivity index (χ2v) is 3.78. The van der Waals surface area contributed by atoms with Crippen molar-refractivity contribution >= 4 is 28.2 Å². The molecule has 0 unspecified atom stereocenters. The first-order valence-corrected chi connectivity index (χ1v) is 5.22. The lowest BCUT2D eigenvalue weighted by Crippen LogP contribution is -1.98. The standard InChI is InChI=1S/C12H12ClN3/c13-9-4-3-8-5-7-16-12(8)11(9)10(15)2-1-6-14/h1-7,16H,14-15H2/b6-1-,10-2-. The predicted octanol–water partition coefficient (Wildman–Crippen LogP) is 2.59. The number of H-pyrrole nitrogens is 1. The van der Waals surface area contributed by atoms with Crippen molar-refractivity contribution in [3.05, 3.63) is 53.3 Å². The minimum Gasteiger partial charge on any atom is -0.405 e. The Kier molecular flexibility index (Phi) is 2.88. The van der Waals surface area contributed by atoms with Crippen LogP contribution in [0.5, 0.6) is 0 Å². The van der Waals surface area contributed by atoms with Crippen molar-refractivity contribution in [1.29, 1.82) is 0 Å². The molecule has 0 fully saturated rings. The first-order chi connectivity index (χ1) is 7.74. The van der Waals surface area contributed by atoms with E-state index in [4.69, 9.17) is 23.1 Å². The number of aromatic nitrogens is 1. The summed E-state index contributed by atoms with van der Waals surface area (Å²) in [7, 11) is 0. The first kappa shape index (κ1) is 10.6. The van der Waals surface area contributed by atoms with Crippen molar-refractivity contribution in [3.8, 4) is 0 Å². The van der Waals surface area contributed by atoms with E-state index in [-0.39, 0.29) is 0 Å². The highest BCUT2D eigenvalue weighted by Gasteiger charge is 2.08. The minimum atomic E-state index is 0.583. The fourth-order valence-electron chi connectivity index (χ4n) is 1.63. The van der Waals surface area contributed by atoms with Crippen LogP contribution in [0.15, 0.2) is 42.7 Å². The monoisotopic (exact) mass is 233 g/mol. The van der Waals surface area contributed by atoms with Gasteiger partial charge in [-0.3, -0.25) is 0 Å². The number of fused-ring (bicyclic) bond motifs is 1. The molecule has 0 aliphatic rings. The van der Waals surface area contributed by atoms with Crippen LogP contribution in [-0.2, 0) is 0 Å². The average Bonchev–Trinajstić information content (AvgIpc) is 2.73. The zero-order chi connectivity index (χ0) is 11.5. The summed E-state index contributed by atoms with van der Waals surface area (Å²) in [6.45, 7) is 0. The van der Waals surface area contributed by atoms with Gasteiger partial charge in [-0.15, -0.1) is 0 Å². The van der Waals surface area contributed by atoms with Gasteiger partial charge in [0.05, 0.1) is 10.5 Å². The van der Waals surface area contributed by atoms with Gasteiger partial charge in [-0.1, -0.05) is 17.7 Å². The van der Waals surface area contributed by atoms with Crippen molar-refractivity contribution in [2.75, 3.05) is 0 Å². The third kappa shape index (κ3) is 1.77. The molecule has 0 radical (unpaired) electrons. The smallest absolute Gasteiger partial charge is 0.0563 e. The topological polar surface area (TPSA) is 67.8 Å². The minimum absolute atomic E-state index is 0.583. The molecule has 0 aliphatic heterocycles. The number of hydrogen-bond acceptors (Lipinski definition) is 2. The SMILES string of the molecule is N/C=C\C=C(/N)c1c(Cl)ccc2cc[nH]c12. The molecule has 1 heterocycles. The highest BCUT2D eigenvalue weighted by Crippen LogP contribution is 2.28. The van der Waals surface area contributed by atoms with Crippen LogP contribution < -0.4 is 11.5 Å². The van der Waals surface area contributed by atoms with Crippen molar-refractivity contribution in [1.82, 2.24) is 4.98 Å². The van der Waals surface area contributed by atoms with Crippen LogP contribution in [0.1, 0.15) is 5.56 Å². The first-order valence-electron chi connectivity index (χ1n) is 4.84. The number of allylic oxidation sites excluding steroid dienone is 2. The molecule has 3 nitrogen and oxygen atoms in total. The lowest BCUT2D eigenvalue weighted by Gasteiger charge is -2.05. The summed E-state index contributed by atoms with van der Waals surface area (Å²) >= 11 is 6.14. The van der Waals surface area contributed by atoms with Crippen LogP contribution >= 0.6 is 11.6 Å². The lowest BCUT2D eigenvalue weighted by molar-refractivity contribution is 1.44. The molecule has 0 spiro atoms. The molecule has 5 N–H and O–H groups in total. The molecule has 16 heavy (non-hydrogen) atoms. The Hall–Kier alpha value is -1.87. The van der Waals surface area contributed by atoms with Gasteiger partial charge < -0.3 is 16.5 Å². The van der Waals surface area contributed by atoms with Gasteiger partial charge in [-0.05, 0) is 30.5 Å². The van der Waals surface area contributed by atoms with Gasteiger partial charge in [0.15, 0.2) is 0 Å². The summed E-state index contributed by atoms with van der Waals surface area (Å²) in [5, 5.41) is 1.70. The summed E-state index contributed by atoms with van der Waals surface area (Å²) in [4.78, 5) is 3.13. The highest BCUT2D eigenvalue weighted by atomic mass is 35.5. The Morgan fingerprint density at radius 2 is 2.12 bits per heavy atom. The van der Waals surface area contributed by atoms with Gasteiger partial charge >= 0.3 is 0 Å². The second-order valence-electron chi connectivity index (χ2n) is 3.37. The molecule has 0 saturated heterocycles. The Bertz CT molecular complexity index is 567. The van der Waals surface area contributed by atoms with E-state index in [0.717, 1.165) is 16.5 Å². The summed E-state index contributed by atoms with van der Waals surface area (Å²) in [5.41, 5.74) is 13.5. The molecular formula is C12H12ClN3. The van der Waals surface area contributed by atoms with Gasteiger partial charge in [-0.2, -0.15) is 0 Å². The molecule has 1 aromatic carbocycles. The predicted molar refractivity (Wildman–Crippen MR) is 68.8 cm³/mol. The number of nitrogens with one attached hydrogen (secondary N) is 1. The van der Waals surface area contributed by atoms with E-state index < -0.39 is 0 Å². The number of aromatic amines is 1. The molecule has 82 valence electrons. The normalized spacial score (nSPS) is 12.7. The molecule has 0 bridgehead atoms. The van der Waals surface area contributed by atoms with Crippen molar-refractivity contribution in [3.63, 3.8) is 0 Å². The summed E-state index contributed by atoms with van der Waals surface area (Å²) in [5.74, 6) is 0. The van der Waals surface area contributed by atoms with E-state index in [9.17, 15) is 0 Å². The molecule has 0 saturated carbocycles. The highest BCUT2D eigenvalue weighted by molar-refractivity contribution is 6.33. The summed E-state index contributed by atoms with van der Waals surface area (Å²) < 4.78 is 0. The lowest BCUT2D eigenvalue weighted by atomic mass is 10.1. The average molecular weight is 234 g/mol. The number of nitrogens with two attached hydrogens (primary N) is 2. The maximum absolute atomic E-state index is 6.14. The van der Waals surface area contributed by atoms with Gasteiger partial charge in [0.25, 0.3) is 0 Å². The van der Waals surface area contributed by atoms with Crippen LogP contribution in [0, 0.1) is 0 Å². The van der Waals surface area contributed by atoms with E-state index in [2.05, 4.69) is 4.98 Å². The van der Waals surface area contributed by atoms with Crippen molar-refractivity contribution in [2.24, 2.45) is 11.5 Å². The Morgan fingerprint density at radius 1 is 1.31 bits per heavy atom. The van der Waals surface area contributed by atoms with E-state index in [1.165, 1.54) is 6.20 Å². The summed E-state index contributed by atoms with van der Waals surface area (Å²) in [6.07, 6.45) is 6.68. The van der Waals surface area contributed by atoms with Crippen LogP contribution in [0.25, 0.3) is 16.6 Å². The molecule has 0 atom stereocenters. The van der Waals surface area contributed by atoms with E-state index in [1.807, 2.05) is 24.4 Å². The van der Waals surface area contributed by atoms with E-state index in [1.54, 1.807) is 12.2 Å². The van der Waals surface area contributed by atoms with Gasteiger partial charge in [0, 0.05) is 22.8 Å². The maximum atomic E-state index is 6.14. The number of halogens is 1. The fraction of sp³-hybridized carbons (Fsp3) is 0. The van der Waals surface area contributed by atoms with Crippen LogP contribution in [-0.4, -0.2) is 4.98 Å². The van der Waals surface area contributed by atoms with Crippen molar-refractivity contribution in [2.45, 2.75) is 0 Å². The summed E-state index contributed by atoms with van der Waals surface area (Å²) in [6, 6.07) is 5.75. The molecule has 0 aliphatic carbocycles. The number of rotatable bonds is 2. The van der Waals surface area contributed by atoms with Gasteiger partial charge in [0.2, 0.25) is 0 Å². The molecule has 1 aromatic heterocycles. The van der Waals surface area contributed by atoms with E-state index >= 15 is 0 Å². The maximum Gasteiger partial charge on any atom is 0.0563 e. The third-order valence-corrected chi connectivity index (χ3v) is 2.67. The molecule has 4 heteroatoms. The zero-order valence-corrected chi connectivity index (χ0v) is 9.33. The fourth-order valence-corrected chi connectivity index (χ4v) is 1.89. The largest absolute Gasteiger partial charge is 0.405 e. The van der Waals surface area contributed by atoms with Crippen LogP contribution in [0.4, 0.5) is 0 Å².